The van der Waals surface area contributed by atoms with Crippen LogP contribution in [0.2, 0.25) is 0 Å². The first-order valence-electron chi connectivity index (χ1n) is 36.8. The van der Waals surface area contributed by atoms with Crippen molar-refractivity contribution in [3.05, 3.63) is 0 Å². The summed E-state index contributed by atoms with van der Waals surface area (Å²) in [5.74, 6) is -0.00732. The number of hydrogen-bond donors (Lipinski definition) is 3. The maximum Gasteiger partial charge on any atom is 0.305 e. The number of esters is 1. The first-order chi connectivity index (χ1) is 39.0. The second-order valence-electron chi connectivity index (χ2n) is 25.6. The molecule has 0 heterocycles. The fourth-order valence-corrected chi connectivity index (χ4v) is 12.1. The van der Waals surface area contributed by atoms with Crippen molar-refractivity contribution < 1.29 is 24.5 Å². The maximum absolute atomic E-state index is 12.6. The third-order valence-corrected chi connectivity index (χ3v) is 17.7. The fraction of sp³-hybridized carbons (Fsp3) is 0.973. The van der Waals surface area contributed by atoms with Crippen molar-refractivity contribution in [3.63, 3.8) is 0 Å². The number of ether oxygens (including phenoxy) is 1. The molecule has 2 atom stereocenters. The van der Waals surface area contributed by atoms with Crippen LogP contribution >= 0.6 is 0 Å². The molecule has 6 heteroatoms. The Morgan fingerprint density at radius 1 is 0.304 bits per heavy atom. The Labute approximate surface area is 496 Å². The van der Waals surface area contributed by atoms with Crippen molar-refractivity contribution >= 4 is 11.9 Å². The van der Waals surface area contributed by atoms with E-state index in [2.05, 4.69) is 19.2 Å². The lowest BCUT2D eigenvalue weighted by Gasteiger charge is -2.22. The lowest BCUT2D eigenvalue weighted by Crippen LogP contribution is -2.45. The van der Waals surface area contributed by atoms with Crippen molar-refractivity contribution in [2.24, 2.45) is 0 Å². The van der Waals surface area contributed by atoms with Crippen molar-refractivity contribution in [3.8, 4) is 0 Å². The van der Waals surface area contributed by atoms with E-state index in [0.29, 0.717) is 25.9 Å². The molecule has 1 amide bonds. The van der Waals surface area contributed by atoms with Crippen LogP contribution < -0.4 is 5.32 Å². The summed E-state index contributed by atoms with van der Waals surface area (Å²) in [7, 11) is 0. The lowest BCUT2D eigenvalue weighted by molar-refractivity contribution is -0.143. The molecule has 6 nitrogen and oxygen atoms in total. The van der Waals surface area contributed by atoms with Gasteiger partial charge in [-0.2, -0.15) is 0 Å². The van der Waals surface area contributed by atoms with Gasteiger partial charge in [-0.05, 0) is 25.7 Å². The molecule has 0 rings (SSSR count). The number of carbonyl (C=O) groups is 2. The zero-order valence-corrected chi connectivity index (χ0v) is 54.2. The molecule has 0 spiro atoms. The average Bonchev–Trinajstić information content (AvgIpc) is 3.45. The van der Waals surface area contributed by atoms with Crippen LogP contribution in [0.15, 0.2) is 0 Å². The van der Waals surface area contributed by atoms with Crippen LogP contribution in [0.4, 0.5) is 0 Å². The minimum absolute atomic E-state index is 0.0206. The smallest absolute Gasteiger partial charge is 0.305 e. The van der Waals surface area contributed by atoms with E-state index in [1.807, 2.05) is 0 Å². The van der Waals surface area contributed by atoms with Crippen LogP contribution in [0.1, 0.15) is 431 Å². The first-order valence-corrected chi connectivity index (χ1v) is 36.8. The molecule has 0 aromatic carbocycles. The van der Waals surface area contributed by atoms with Gasteiger partial charge in [0.15, 0.2) is 0 Å². The van der Waals surface area contributed by atoms with Gasteiger partial charge in [0.1, 0.15) is 0 Å². The van der Waals surface area contributed by atoms with E-state index in [9.17, 15) is 19.8 Å². The Bertz CT molecular complexity index is 1150. The van der Waals surface area contributed by atoms with Crippen LogP contribution in [-0.2, 0) is 14.3 Å². The second-order valence-corrected chi connectivity index (χ2v) is 25.6. The highest BCUT2D eigenvalue weighted by Crippen LogP contribution is 2.20. The minimum atomic E-state index is -0.664. The van der Waals surface area contributed by atoms with Gasteiger partial charge in [-0.25, -0.2) is 0 Å². The summed E-state index contributed by atoms with van der Waals surface area (Å²) in [5.41, 5.74) is 0. The van der Waals surface area contributed by atoms with Gasteiger partial charge in [0, 0.05) is 12.8 Å². The van der Waals surface area contributed by atoms with Gasteiger partial charge >= 0.3 is 5.97 Å². The molecule has 0 saturated heterocycles. The molecule has 0 aromatic heterocycles. The predicted octanol–water partition coefficient (Wildman–Crippen LogP) is 23.8. The van der Waals surface area contributed by atoms with Gasteiger partial charge in [0.25, 0.3) is 0 Å². The van der Waals surface area contributed by atoms with Gasteiger partial charge in [0.2, 0.25) is 5.91 Å². The molecular weight excluding hydrogens is 971 g/mol. The Kier molecular flexibility index (Phi) is 68.4. The normalized spacial score (nSPS) is 12.4. The standard InChI is InChI=1S/C73H145NO5/c1-3-5-7-9-11-13-15-17-19-21-22-23-28-31-34-37-41-45-49-53-57-61-65-71(76)70(69-75)74-72(77)66-62-58-54-50-46-42-38-35-32-29-26-24-25-27-30-33-36-40-44-48-52-56-60-64-68-79-73(78)67-63-59-55-51-47-43-39-20-18-16-14-12-10-8-6-4-2/h70-71,75-76H,3-69H2,1-2H3,(H,74,77). The van der Waals surface area contributed by atoms with Crippen molar-refractivity contribution in [2.75, 3.05) is 13.2 Å². The molecule has 0 aromatic rings. The molecule has 0 aliphatic heterocycles. The van der Waals surface area contributed by atoms with E-state index in [4.69, 9.17) is 4.74 Å². The summed E-state index contributed by atoms with van der Waals surface area (Å²) in [4.78, 5) is 24.7. The van der Waals surface area contributed by atoms with E-state index in [0.717, 1.165) is 38.5 Å². The fourth-order valence-electron chi connectivity index (χ4n) is 12.1. The lowest BCUT2D eigenvalue weighted by atomic mass is 10.0. The highest BCUT2D eigenvalue weighted by Gasteiger charge is 2.20. The van der Waals surface area contributed by atoms with E-state index >= 15 is 0 Å². The molecule has 0 radical (unpaired) electrons. The molecule has 0 aliphatic carbocycles. The Morgan fingerprint density at radius 2 is 0.519 bits per heavy atom. The number of aliphatic hydroxyl groups is 2. The number of rotatable bonds is 70. The zero-order chi connectivity index (χ0) is 57.1. The van der Waals surface area contributed by atoms with Gasteiger partial charge in [-0.15, -0.1) is 0 Å². The average molecular weight is 1120 g/mol. The number of hydrogen-bond acceptors (Lipinski definition) is 5. The number of carbonyl (C=O) groups excluding carboxylic acids is 2. The Hall–Kier alpha value is -1.14. The van der Waals surface area contributed by atoms with Gasteiger partial charge in [-0.1, -0.05) is 393 Å². The highest BCUT2D eigenvalue weighted by molar-refractivity contribution is 5.76. The third-order valence-electron chi connectivity index (χ3n) is 17.7. The summed E-state index contributed by atoms with van der Waals surface area (Å²) < 4.78 is 5.51. The van der Waals surface area contributed by atoms with E-state index in [-0.39, 0.29) is 18.5 Å². The quantitative estimate of drug-likeness (QED) is 0.0417. The van der Waals surface area contributed by atoms with Gasteiger partial charge in [0.05, 0.1) is 25.4 Å². The first kappa shape index (κ1) is 77.9. The van der Waals surface area contributed by atoms with Crippen LogP contribution in [0, 0.1) is 0 Å². The minimum Gasteiger partial charge on any atom is -0.466 e. The molecule has 0 aliphatic rings. The molecule has 0 fully saturated rings. The molecule has 3 N–H and O–H groups in total. The molecular formula is C73H145NO5. The van der Waals surface area contributed by atoms with Crippen LogP contribution in [0.25, 0.3) is 0 Å². The zero-order valence-electron chi connectivity index (χ0n) is 54.2. The SMILES string of the molecule is CCCCCCCCCCCCCCCCCCCCCCCCC(O)C(CO)NC(=O)CCCCCCCCCCCCCCCCCCCCCCCCCCOC(=O)CCCCCCCCCCCCCCCCCC. The van der Waals surface area contributed by atoms with Crippen molar-refractivity contribution in [1.82, 2.24) is 5.32 Å². The van der Waals surface area contributed by atoms with E-state index < -0.39 is 12.1 Å². The topological polar surface area (TPSA) is 95.9 Å². The molecule has 79 heavy (non-hydrogen) atoms. The maximum atomic E-state index is 12.6. The highest BCUT2D eigenvalue weighted by atomic mass is 16.5. The Balaban J connectivity index is 3.35. The monoisotopic (exact) mass is 1120 g/mol. The summed E-state index contributed by atoms with van der Waals surface area (Å²) in [6.07, 6.45) is 84.4. The Morgan fingerprint density at radius 3 is 0.772 bits per heavy atom. The molecule has 2 unspecified atom stereocenters. The summed E-state index contributed by atoms with van der Waals surface area (Å²) in [6, 6.07) is -0.541. The molecule has 0 saturated carbocycles. The summed E-state index contributed by atoms with van der Waals surface area (Å²) in [6.45, 7) is 5.01. The van der Waals surface area contributed by atoms with Crippen LogP contribution in [-0.4, -0.2) is 47.4 Å². The second kappa shape index (κ2) is 69.4. The van der Waals surface area contributed by atoms with Crippen LogP contribution in [0.3, 0.4) is 0 Å². The number of unbranched alkanes of at least 4 members (excludes halogenated alkanes) is 59. The predicted molar refractivity (Wildman–Crippen MR) is 347 cm³/mol. The van der Waals surface area contributed by atoms with E-state index in [1.54, 1.807) is 0 Å². The summed E-state index contributed by atoms with van der Waals surface area (Å²) >= 11 is 0. The summed E-state index contributed by atoms with van der Waals surface area (Å²) in [5, 5.41) is 23.4. The number of aliphatic hydroxyl groups excluding tert-OH is 2. The molecule has 472 valence electrons. The van der Waals surface area contributed by atoms with E-state index in [1.165, 1.54) is 360 Å². The number of amides is 1. The van der Waals surface area contributed by atoms with Crippen molar-refractivity contribution in [2.45, 2.75) is 443 Å². The van der Waals surface area contributed by atoms with Crippen molar-refractivity contribution in [1.29, 1.82) is 0 Å². The molecule has 0 bridgehead atoms. The largest absolute Gasteiger partial charge is 0.466 e. The number of nitrogens with one attached hydrogen (secondary N) is 1. The van der Waals surface area contributed by atoms with Crippen LogP contribution in [0.5, 0.6) is 0 Å². The van der Waals surface area contributed by atoms with Gasteiger partial charge < -0.3 is 20.3 Å². The third kappa shape index (κ3) is 65.9. The van der Waals surface area contributed by atoms with Gasteiger partial charge in [-0.3, -0.25) is 9.59 Å².